The Labute approximate surface area is 255 Å². The van der Waals surface area contributed by atoms with E-state index in [1.54, 1.807) is 4.90 Å². The Kier molecular flexibility index (Phi) is 8.87. The molecular formula is C32H32F5N3O5. The van der Waals surface area contributed by atoms with Crippen LogP contribution in [0.4, 0.5) is 27.6 Å². The minimum atomic E-state index is -4.80. The summed E-state index contributed by atoms with van der Waals surface area (Å²) in [5.74, 6) is -3.83. The first kappa shape index (κ1) is 32.3. The lowest BCUT2D eigenvalue weighted by Crippen LogP contribution is -2.44. The van der Waals surface area contributed by atoms with Gasteiger partial charge in [-0.1, -0.05) is 12.1 Å². The zero-order valence-corrected chi connectivity index (χ0v) is 25.1. The van der Waals surface area contributed by atoms with E-state index in [1.165, 1.54) is 33.0 Å². The maximum atomic E-state index is 15.1. The SMILES string of the molecule is CC(=O)[C@H](Cc1ccc(-c2c(C(F)(F)F)cc(C)n(C)c2=O)c2c1COC2)NC(=O)c1c(F)cc(N2CCOC[C@@H]2C)cc1F. The van der Waals surface area contributed by atoms with Crippen LogP contribution in [0.15, 0.2) is 35.1 Å². The molecule has 2 atom stereocenters. The average Bonchev–Trinajstić information content (AvgIpc) is 3.46. The molecule has 8 nitrogen and oxygen atoms in total. The van der Waals surface area contributed by atoms with Crippen molar-refractivity contribution in [2.45, 2.75) is 58.7 Å². The van der Waals surface area contributed by atoms with E-state index in [0.717, 1.165) is 22.8 Å². The molecule has 3 heterocycles. The van der Waals surface area contributed by atoms with Crippen molar-refractivity contribution in [3.63, 3.8) is 0 Å². The van der Waals surface area contributed by atoms with E-state index in [1.807, 2.05) is 6.92 Å². The van der Waals surface area contributed by atoms with E-state index in [9.17, 15) is 27.6 Å². The molecule has 1 aromatic heterocycles. The monoisotopic (exact) mass is 633 g/mol. The number of aromatic nitrogens is 1. The predicted octanol–water partition coefficient (Wildman–Crippen LogP) is 4.84. The molecule has 0 unspecified atom stereocenters. The molecule has 0 spiro atoms. The number of carbonyl (C=O) groups excluding carboxylic acids is 2. The van der Waals surface area contributed by atoms with Crippen LogP contribution in [-0.4, -0.2) is 48.1 Å². The van der Waals surface area contributed by atoms with Crippen LogP contribution in [-0.2, 0) is 47.1 Å². The van der Waals surface area contributed by atoms with Crippen LogP contribution in [0.5, 0.6) is 0 Å². The third-order valence-corrected chi connectivity index (χ3v) is 8.44. The first-order chi connectivity index (χ1) is 21.2. The quantitative estimate of drug-likeness (QED) is 0.375. The fraction of sp³-hybridized carbons (Fsp3) is 0.406. The van der Waals surface area contributed by atoms with Crippen molar-refractivity contribution in [3.05, 3.63) is 85.8 Å². The lowest BCUT2D eigenvalue weighted by molar-refractivity contribution is -0.137. The molecule has 0 radical (unpaired) electrons. The van der Waals surface area contributed by atoms with Crippen LogP contribution >= 0.6 is 0 Å². The average molecular weight is 634 g/mol. The molecule has 1 saturated heterocycles. The number of morpholine rings is 1. The second kappa shape index (κ2) is 12.4. The molecule has 1 amide bonds. The number of carbonyl (C=O) groups is 2. The maximum absolute atomic E-state index is 15.1. The van der Waals surface area contributed by atoms with Crippen LogP contribution in [0.3, 0.4) is 0 Å². The Morgan fingerprint density at radius 1 is 1.07 bits per heavy atom. The van der Waals surface area contributed by atoms with Gasteiger partial charge in [-0.25, -0.2) is 8.78 Å². The number of halogens is 5. The molecule has 0 saturated carbocycles. The number of nitrogens with one attached hydrogen (secondary N) is 1. The van der Waals surface area contributed by atoms with E-state index in [4.69, 9.17) is 9.47 Å². The van der Waals surface area contributed by atoms with Crippen molar-refractivity contribution in [3.8, 4) is 11.1 Å². The molecular weight excluding hydrogens is 601 g/mol. The fourth-order valence-electron chi connectivity index (χ4n) is 5.87. The number of anilines is 1. The molecule has 5 rings (SSSR count). The van der Waals surface area contributed by atoms with Crippen molar-refractivity contribution in [2.24, 2.45) is 7.05 Å². The van der Waals surface area contributed by atoms with Crippen LogP contribution in [0.2, 0.25) is 0 Å². The van der Waals surface area contributed by atoms with Gasteiger partial charge in [0.25, 0.3) is 11.5 Å². The van der Waals surface area contributed by atoms with Crippen LogP contribution < -0.4 is 15.8 Å². The third kappa shape index (κ3) is 6.23. The van der Waals surface area contributed by atoms with E-state index in [-0.39, 0.29) is 42.6 Å². The van der Waals surface area contributed by atoms with Gasteiger partial charge in [-0.05, 0) is 61.2 Å². The van der Waals surface area contributed by atoms with Gasteiger partial charge in [0.05, 0.1) is 43.6 Å². The van der Waals surface area contributed by atoms with E-state index >= 15 is 8.78 Å². The van der Waals surface area contributed by atoms with Gasteiger partial charge < -0.3 is 24.3 Å². The highest BCUT2D eigenvalue weighted by molar-refractivity contribution is 5.98. The zero-order chi connectivity index (χ0) is 32.8. The van der Waals surface area contributed by atoms with Gasteiger partial charge in [0.1, 0.15) is 17.2 Å². The number of hydrogen-bond acceptors (Lipinski definition) is 6. The lowest BCUT2D eigenvalue weighted by atomic mass is 9.89. The molecule has 0 bridgehead atoms. The van der Waals surface area contributed by atoms with Gasteiger partial charge in [-0.2, -0.15) is 13.2 Å². The summed E-state index contributed by atoms with van der Waals surface area (Å²) < 4.78 is 84.5. The highest BCUT2D eigenvalue weighted by Gasteiger charge is 2.37. The summed E-state index contributed by atoms with van der Waals surface area (Å²) in [6.07, 6.45) is -4.93. The van der Waals surface area contributed by atoms with Gasteiger partial charge in [-0.15, -0.1) is 0 Å². The van der Waals surface area contributed by atoms with Crippen molar-refractivity contribution < 1.29 is 41.0 Å². The van der Waals surface area contributed by atoms with Crippen LogP contribution in [0, 0.1) is 18.6 Å². The Morgan fingerprint density at radius 3 is 2.36 bits per heavy atom. The van der Waals surface area contributed by atoms with Crippen LogP contribution in [0.25, 0.3) is 11.1 Å². The number of fused-ring (bicyclic) bond motifs is 1. The summed E-state index contributed by atoms with van der Waals surface area (Å²) in [7, 11) is 1.38. The number of ether oxygens (including phenoxy) is 2. The second-order valence-corrected chi connectivity index (χ2v) is 11.4. The molecule has 1 N–H and O–H groups in total. The number of benzene rings is 2. The Balaban J connectivity index is 1.45. The molecule has 1 fully saturated rings. The standard InChI is InChI=1S/C32H32F5N3O5/c1-16-9-24(32(35,36)37)28(31(43)39(16)4)21-6-5-19(22-14-45-15-23(21)22)10-27(18(3)41)38-30(42)29-25(33)11-20(12-26(29)34)40-7-8-44-13-17(40)2/h5-6,9,11-12,17,27H,7-8,10,13-15H2,1-4H3,(H,38,42)/t17-,27-/m0/s1. The summed E-state index contributed by atoms with van der Waals surface area (Å²) >= 11 is 0. The smallest absolute Gasteiger partial charge is 0.377 e. The molecule has 13 heteroatoms. The van der Waals surface area contributed by atoms with Crippen molar-refractivity contribution in [1.29, 1.82) is 0 Å². The number of rotatable bonds is 7. The number of alkyl halides is 3. The Bertz CT molecular complexity index is 1710. The van der Waals surface area contributed by atoms with Gasteiger partial charge >= 0.3 is 6.18 Å². The molecule has 0 aliphatic carbocycles. The zero-order valence-electron chi connectivity index (χ0n) is 25.1. The highest BCUT2D eigenvalue weighted by Crippen LogP contribution is 2.40. The van der Waals surface area contributed by atoms with Gasteiger partial charge in [0.2, 0.25) is 0 Å². The molecule has 2 aliphatic rings. The van der Waals surface area contributed by atoms with Crippen molar-refractivity contribution in [2.75, 3.05) is 24.7 Å². The number of amides is 1. The number of ketones is 1. The normalized spacial score (nSPS) is 17.3. The van der Waals surface area contributed by atoms with Crippen LogP contribution in [0.1, 0.15) is 52.2 Å². The van der Waals surface area contributed by atoms with Gasteiger partial charge in [0.15, 0.2) is 5.78 Å². The van der Waals surface area contributed by atoms with E-state index in [2.05, 4.69) is 5.32 Å². The molecule has 45 heavy (non-hydrogen) atoms. The number of hydrogen-bond donors (Lipinski definition) is 1. The molecule has 240 valence electrons. The predicted molar refractivity (Wildman–Crippen MR) is 155 cm³/mol. The summed E-state index contributed by atoms with van der Waals surface area (Å²) in [6, 6.07) is 4.54. The van der Waals surface area contributed by atoms with Crippen molar-refractivity contribution >= 4 is 17.4 Å². The first-order valence-electron chi connectivity index (χ1n) is 14.3. The topological polar surface area (TPSA) is 89.9 Å². The second-order valence-electron chi connectivity index (χ2n) is 11.4. The van der Waals surface area contributed by atoms with E-state index < -0.39 is 57.8 Å². The summed E-state index contributed by atoms with van der Waals surface area (Å²) in [4.78, 5) is 40.6. The molecule has 3 aromatic rings. The minimum absolute atomic E-state index is 0.00468. The van der Waals surface area contributed by atoms with E-state index in [0.29, 0.717) is 36.4 Å². The summed E-state index contributed by atoms with van der Waals surface area (Å²) in [5, 5.41) is 2.41. The van der Waals surface area contributed by atoms with Gasteiger partial charge in [-0.3, -0.25) is 14.4 Å². The molecule has 2 aromatic carbocycles. The largest absolute Gasteiger partial charge is 0.417 e. The number of pyridine rings is 1. The minimum Gasteiger partial charge on any atom is -0.377 e. The first-order valence-corrected chi connectivity index (χ1v) is 14.3. The number of nitrogens with zero attached hydrogens (tertiary/aromatic N) is 2. The van der Waals surface area contributed by atoms with Gasteiger partial charge in [0, 0.05) is 37.4 Å². The summed E-state index contributed by atoms with van der Waals surface area (Å²) in [6.45, 7) is 5.56. The Hall–Kier alpha value is -4.10. The summed E-state index contributed by atoms with van der Waals surface area (Å²) in [5.41, 5.74) is -1.49. The lowest BCUT2D eigenvalue weighted by Gasteiger charge is -2.35. The Morgan fingerprint density at radius 2 is 1.73 bits per heavy atom. The number of Topliss-reactive ketones (excluding diaryl/α,β-unsaturated/α-hetero) is 1. The maximum Gasteiger partial charge on any atom is 0.417 e. The number of aryl methyl sites for hydroxylation is 1. The molecule has 2 aliphatic heterocycles. The highest BCUT2D eigenvalue weighted by atomic mass is 19.4. The fourth-order valence-corrected chi connectivity index (χ4v) is 5.87. The third-order valence-electron chi connectivity index (χ3n) is 8.44. The van der Waals surface area contributed by atoms with Crippen molar-refractivity contribution in [1.82, 2.24) is 9.88 Å².